The fourth-order valence-electron chi connectivity index (χ4n) is 11.5. The van der Waals surface area contributed by atoms with E-state index in [0.717, 1.165) is 55.5 Å². The van der Waals surface area contributed by atoms with Gasteiger partial charge >= 0.3 is 0 Å². The van der Waals surface area contributed by atoms with Crippen LogP contribution < -0.4 is 4.90 Å². The number of para-hydroxylation sites is 1. The van der Waals surface area contributed by atoms with Crippen LogP contribution in [0.4, 0.5) is 17.1 Å². The molecule has 2 heteroatoms. The van der Waals surface area contributed by atoms with Gasteiger partial charge in [0.1, 0.15) is 11.2 Å². The minimum Gasteiger partial charge on any atom is -0.455 e. The van der Waals surface area contributed by atoms with Gasteiger partial charge in [-0.1, -0.05) is 202 Å². The molecule has 11 aromatic rings. The second-order valence-corrected chi connectivity index (χ2v) is 18.0. The Hall–Kier alpha value is -7.94. The van der Waals surface area contributed by atoms with Crippen LogP contribution >= 0.6 is 0 Å². The molecule has 0 aliphatic heterocycles. The molecular formula is C62H43NO. The lowest BCUT2D eigenvalue weighted by molar-refractivity contribution is 0.660. The summed E-state index contributed by atoms with van der Waals surface area (Å²) in [6.45, 7) is 4.74. The minimum atomic E-state index is -0.516. The van der Waals surface area contributed by atoms with Gasteiger partial charge in [0.25, 0.3) is 0 Å². The highest BCUT2D eigenvalue weighted by Crippen LogP contribution is 2.60. The van der Waals surface area contributed by atoms with Gasteiger partial charge in [0.2, 0.25) is 0 Å². The average Bonchev–Trinajstić information content (AvgIpc) is 3.97. The molecule has 0 spiro atoms. The van der Waals surface area contributed by atoms with Crippen LogP contribution in [0.2, 0.25) is 0 Å². The zero-order valence-electron chi connectivity index (χ0n) is 35.7. The van der Waals surface area contributed by atoms with E-state index in [0.29, 0.717) is 0 Å². The smallest absolute Gasteiger partial charge is 0.143 e. The van der Waals surface area contributed by atoms with Crippen LogP contribution in [0, 0.1) is 0 Å². The minimum absolute atomic E-state index is 0.158. The maximum absolute atomic E-state index is 6.82. The zero-order valence-corrected chi connectivity index (χ0v) is 35.7. The quantitative estimate of drug-likeness (QED) is 0.166. The number of anilines is 3. The first-order valence-corrected chi connectivity index (χ1v) is 22.3. The lowest BCUT2D eigenvalue weighted by Gasteiger charge is -2.34. The second kappa shape index (κ2) is 13.8. The molecule has 10 aromatic carbocycles. The third-order valence-electron chi connectivity index (χ3n) is 14.4. The summed E-state index contributed by atoms with van der Waals surface area (Å²) in [5.41, 5.74) is 19.6. The Balaban J connectivity index is 1.04. The number of nitrogens with zero attached hydrogens (tertiary/aromatic N) is 1. The standard InChI is InChI=1S/C62H43NO/c1-61(2)53-27-13-11-23-48(53)49-38-36-45(39-56(49)61)63(44-34-31-41(32-35-44)47-25-15-26-50-51-37-33-40-17-9-10-22-46(40)60(51)64-59(47)50)57-30-16-29-55-58(57)52-24-12-14-28-54(52)62(55,42-18-5-3-6-19-42)43-20-7-4-8-21-43/h3-39H,1-2H3. The first-order chi connectivity index (χ1) is 31.5. The molecule has 64 heavy (non-hydrogen) atoms. The highest BCUT2D eigenvalue weighted by molar-refractivity contribution is 6.17. The predicted molar refractivity (Wildman–Crippen MR) is 266 cm³/mol. The third-order valence-corrected chi connectivity index (χ3v) is 14.4. The molecule has 2 nitrogen and oxygen atoms in total. The average molecular weight is 818 g/mol. The van der Waals surface area contributed by atoms with E-state index in [-0.39, 0.29) is 5.41 Å². The fraction of sp³-hybridized carbons (Fsp3) is 0.0645. The van der Waals surface area contributed by atoms with Gasteiger partial charge in [-0.2, -0.15) is 0 Å². The van der Waals surface area contributed by atoms with Crippen molar-refractivity contribution in [1.82, 2.24) is 0 Å². The molecule has 0 radical (unpaired) electrons. The molecule has 0 N–H and O–H groups in total. The van der Waals surface area contributed by atoms with Crippen molar-refractivity contribution >= 4 is 49.8 Å². The molecule has 0 bridgehead atoms. The Bertz CT molecular complexity index is 3590. The van der Waals surface area contributed by atoms with Crippen molar-refractivity contribution in [3.8, 4) is 33.4 Å². The van der Waals surface area contributed by atoms with Crippen molar-refractivity contribution in [2.24, 2.45) is 0 Å². The lowest BCUT2D eigenvalue weighted by atomic mass is 9.68. The Kier molecular flexibility index (Phi) is 7.90. The van der Waals surface area contributed by atoms with Crippen molar-refractivity contribution < 1.29 is 4.42 Å². The molecule has 0 saturated carbocycles. The highest BCUT2D eigenvalue weighted by Gasteiger charge is 2.47. The van der Waals surface area contributed by atoms with Crippen molar-refractivity contribution in [1.29, 1.82) is 0 Å². The van der Waals surface area contributed by atoms with Crippen LogP contribution in [0.15, 0.2) is 229 Å². The summed E-state index contributed by atoms with van der Waals surface area (Å²) in [6, 6.07) is 82.7. The summed E-state index contributed by atoms with van der Waals surface area (Å²) in [4.78, 5) is 2.50. The number of benzene rings is 10. The topological polar surface area (TPSA) is 16.4 Å². The first kappa shape index (κ1) is 36.7. The van der Waals surface area contributed by atoms with Gasteiger partial charge in [-0.3, -0.25) is 0 Å². The van der Waals surface area contributed by atoms with Gasteiger partial charge in [0.05, 0.1) is 11.1 Å². The van der Waals surface area contributed by atoms with Crippen molar-refractivity contribution in [3.63, 3.8) is 0 Å². The zero-order chi connectivity index (χ0) is 42.6. The number of hydrogen-bond acceptors (Lipinski definition) is 2. The van der Waals surface area contributed by atoms with Crippen LogP contribution in [0.3, 0.4) is 0 Å². The predicted octanol–water partition coefficient (Wildman–Crippen LogP) is 16.5. The summed E-state index contributed by atoms with van der Waals surface area (Å²) in [6.07, 6.45) is 0. The molecule has 0 atom stereocenters. The second-order valence-electron chi connectivity index (χ2n) is 18.0. The molecule has 2 aliphatic carbocycles. The Morgan fingerprint density at radius 2 is 0.953 bits per heavy atom. The largest absolute Gasteiger partial charge is 0.455 e. The summed E-state index contributed by atoms with van der Waals surface area (Å²) in [5, 5.41) is 4.58. The van der Waals surface area contributed by atoms with Crippen LogP contribution in [-0.4, -0.2) is 0 Å². The van der Waals surface area contributed by atoms with Crippen molar-refractivity contribution in [2.75, 3.05) is 4.90 Å². The highest BCUT2D eigenvalue weighted by atomic mass is 16.3. The van der Waals surface area contributed by atoms with E-state index in [1.807, 2.05) is 0 Å². The summed E-state index contributed by atoms with van der Waals surface area (Å²) in [5.74, 6) is 0. The van der Waals surface area contributed by atoms with E-state index >= 15 is 0 Å². The van der Waals surface area contributed by atoms with Gasteiger partial charge in [-0.15, -0.1) is 0 Å². The van der Waals surface area contributed by atoms with E-state index in [4.69, 9.17) is 4.42 Å². The van der Waals surface area contributed by atoms with Gasteiger partial charge in [0, 0.05) is 44.1 Å². The van der Waals surface area contributed by atoms with Gasteiger partial charge < -0.3 is 9.32 Å². The first-order valence-electron chi connectivity index (χ1n) is 22.3. The van der Waals surface area contributed by atoms with E-state index in [1.54, 1.807) is 0 Å². The third kappa shape index (κ3) is 5.08. The Morgan fingerprint density at radius 3 is 1.73 bits per heavy atom. The number of furan rings is 1. The van der Waals surface area contributed by atoms with Crippen LogP contribution in [0.1, 0.15) is 47.2 Å². The SMILES string of the molecule is CC1(C)c2ccccc2-c2ccc(N(c3ccc(-c4cccc5c4oc4c6ccccc6ccc54)cc3)c3cccc4c3-c3ccccc3C4(c3ccccc3)c3ccccc3)cc21. The van der Waals surface area contributed by atoms with Crippen molar-refractivity contribution in [2.45, 2.75) is 24.7 Å². The normalized spacial score (nSPS) is 14.0. The van der Waals surface area contributed by atoms with E-state index in [2.05, 4.69) is 243 Å². The summed E-state index contributed by atoms with van der Waals surface area (Å²) < 4.78 is 6.82. The summed E-state index contributed by atoms with van der Waals surface area (Å²) in [7, 11) is 0. The monoisotopic (exact) mass is 817 g/mol. The number of rotatable bonds is 6. The molecule has 1 aromatic heterocycles. The summed E-state index contributed by atoms with van der Waals surface area (Å²) >= 11 is 0. The van der Waals surface area contributed by atoms with E-state index in [9.17, 15) is 0 Å². The Labute approximate surface area is 373 Å². The van der Waals surface area contributed by atoms with Crippen LogP contribution in [-0.2, 0) is 10.8 Å². The van der Waals surface area contributed by atoms with Crippen LogP contribution in [0.25, 0.3) is 66.1 Å². The van der Waals surface area contributed by atoms with Crippen LogP contribution in [0.5, 0.6) is 0 Å². The number of fused-ring (bicyclic) bond motifs is 11. The molecule has 2 aliphatic rings. The molecular weight excluding hydrogens is 775 g/mol. The molecule has 302 valence electrons. The Morgan fingerprint density at radius 1 is 0.375 bits per heavy atom. The maximum atomic E-state index is 6.82. The molecule has 13 rings (SSSR count). The molecule has 0 fully saturated rings. The van der Waals surface area contributed by atoms with Gasteiger partial charge in [-0.25, -0.2) is 0 Å². The molecule has 0 saturated heterocycles. The van der Waals surface area contributed by atoms with Gasteiger partial charge in [0.15, 0.2) is 0 Å². The van der Waals surface area contributed by atoms with E-state index < -0.39 is 5.41 Å². The van der Waals surface area contributed by atoms with Gasteiger partial charge in [-0.05, 0) is 97.4 Å². The number of hydrogen-bond donors (Lipinski definition) is 0. The maximum Gasteiger partial charge on any atom is 0.143 e. The van der Waals surface area contributed by atoms with E-state index in [1.165, 1.54) is 61.0 Å². The molecule has 1 heterocycles. The fourth-order valence-corrected chi connectivity index (χ4v) is 11.5. The van der Waals surface area contributed by atoms with Crippen molar-refractivity contribution in [3.05, 3.63) is 258 Å². The molecule has 0 unspecified atom stereocenters. The lowest BCUT2D eigenvalue weighted by Crippen LogP contribution is -2.28. The molecule has 0 amide bonds.